The number of likely N-dealkylation sites (N-methyl/N-ethyl adjacent to an activating group) is 1. The van der Waals surface area contributed by atoms with E-state index in [4.69, 9.17) is 0 Å². The highest BCUT2D eigenvalue weighted by atomic mass is 32.1. The van der Waals surface area contributed by atoms with Gasteiger partial charge in [-0.15, -0.1) is 11.3 Å². The van der Waals surface area contributed by atoms with Crippen LogP contribution in [0.3, 0.4) is 0 Å². The van der Waals surface area contributed by atoms with E-state index in [2.05, 4.69) is 53.4 Å². The molecule has 1 N–H and O–H groups in total. The van der Waals surface area contributed by atoms with Gasteiger partial charge in [0.2, 0.25) is 0 Å². The van der Waals surface area contributed by atoms with E-state index in [1.165, 1.54) is 28.2 Å². The molecular weight excluding hydrogens is 266 g/mol. The second kappa shape index (κ2) is 5.94. The highest BCUT2D eigenvalue weighted by molar-refractivity contribution is 7.09. The van der Waals surface area contributed by atoms with Crippen molar-refractivity contribution in [2.45, 2.75) is 25.8 Å². The Morgan fingerprint density at radius 2 is 2.25 bits per heavy atom. The number of para-hydroxylation sites is 1. The SMILES string of the molecule is Cc1ncsc1CN(C)CC1CCNc2ccccc21. The van der Waals surface area contributed by atoms with Gasteiger partial charge in [0.15, 0.2) is 0 Å². The first-order valence-corrected chi connectivity index (χ1v) is 8.02. The Morgan fingerprint density at radius 3 is 3.05 bits per heavy atom. The number of thiazole rings is 1. The van der Waals surface area contributed by atoms with Crippen LogP contribution in [-0.4, -0.2) is 30.0 Å². The normalized spacial score (nSPS) is 17.9. The van der Waals surface area contributed by atoms with Crippen molar-refractivity contribution in [3.05, 3.63) is 45.9 Å². The maximum absolute atomic E-state index is 4.33. The summed E-state index contributed by atoms with van der Waals surface area (Å²) in [6.45, 7) is 5.28. The fourth-order valence-electron chi connectivity index (χ4n) is 2.90. The summed E-state index contributed by atoms with van der Waals surface area (Å²) in [5.41, 5.74) is 5.89. The molecule has 3 nitrogen and oxygen atoms in total. The molecular formula is C16H21N3S. The number of nitrogens with one attached hydrogen (secondary N) is 1. The Bertz CT molecular complexity index is 579. The van der Waals surface area contributed by atoms with Crippen LogP contribution < -0.4 is 5.32 Å². The second-order valence-electron chi connectivity index (χ2n) is 5.56. The Morgan fingerprint density at radius 1 is 1.40 bits per heavy atom. The van der Waals surface area contributed by atoms with Crippen molar-refractivity contribution in [1.82, 2.24) is 9.88 Å². The minimum Gasteiger partial charge on any atom is -0.385 e. The van der Waals surface area contributed by atoms with Gasteiger partial charge >= 0.3 is 0 Å². The predicted molar refractivity (Wildman–Crippen MR) is 85.5 cm³/mol. The van der Waals surface area contributed by atoms with Gasteiger partial charge in [0, 0.05) is 36.1 Å². The van der Waals surface area contributed by atoms with Gasteiger partial charge in [-0.1, -0.05) is 18.2 Å². The van der Waals surface area contributed by atoms with E-state index in [9.17, 15) is 0 Å². The molecule has 1 aromatic carbocycles. The third kappa shape index (κ3) is 2.86. The summed E-state index contributed by atoms with van der Waals surface area (Å²) in [4.78, 5) is 8.14. The van der Waals surface area contributed by atoms with Crippen molar-refractivity contribution in [3.63, 3.8) is 0 Å². The van der Waals surface area contributed by atoms with Crippen LogP contribution in [0.15, 0.2) is 29.8 Å². The first kappa shape index (κ1) is 13.6. The lowest BCUT2D eigenvalue weighted by molar-refractivity contribution is 0.299. The molecule has 1 aromatic heterocycles. The zero-order valence-electron chi connectivity index (χ0n) is 12.1. The third-order valence-electron chi connectivity index (χ3n) is 4.00. The van der Waals surface area contributed by atoms with E-state index in [0.29, 0.717) is 5.92 Å². The van der Waals surface area contributed by atoms with Gasteiger partial charge < -0.3 is 10.2 Å². The van der Waals surface area contributed by atoms with Gasteiger partial charge in [0.05, 0.1) is 11.2 Å². The van der Waals surface area contributed by atoms with E-state index >= 15 is 0 Å². The molecule has 0 radical (unpaired) electrons. The topological polar surface area (TPSA) is 28.2 Å². The molecule has 0 aliphatic carbocycles. The van der Waals surface area contributed by atoms with Gasteiger partial charge in [-0.2, -0.15) is 0 Å². The molecule has 0 spiro atoms. The number of fused-ring (bicyclic) bond motifs is 1. The third-order valence-corrected chi connectivity index (χ3v) is 4.92. The lowest BCUT2D eigenvalue weighted by atomic mass is 9.90. The Balaban J connectivity index is 1.68. The van der Waals surface area contributed by atoms with Crippen molar-refractivity contribution in [3.8, 4) is 0 Å². The maximum Gasteiger partial charge on any atom is 0.0798 e. The second-order valence-corrected chi connectivity index (χ2v) is 6.50. The minimum absolute atomic E-state index is 0.630. The van der Waals surface area contributed by atoms with Crippen LogP contribution >= 0.6 is 11.3 Å². The Labute approximate surface area is 124 Å². The van der Waals surface area contributed by atoms with Crippen LogP contribution in [0.25, 0.3) is 0 Å². The minimum atomic E-state index is 0.630. The van der Waals surface area contributed by atoms with Crippen LogP contribution in [-0.2, 0) is 6.54 Å². The summed E-state index contributed by atoms with van der Waals surface area (Å²) in [5.74, 6) is 0.630. The number of benzene rings is 1. The summed E-state index contributed by atoms with van der Waals surface area (Å²) in [5, 5.41) is 3.49. The predicted octanol–water partition coefficient (Wildman–Crippen LogP) is 3.48. The molecule has 0 saturated carbocycles. The van der Waals surface area contributed by atoms with E-state index in [1.54, 1.807) is 11.3 Å². The number of hydrogen-bond acceptors (Lipinski definition) is 4. The number of hydrogen-bond donors (Lipinski definition) is 1. The quantitative estimate of drug-likeness (QED) is 0.933. The summed E-state index contributed by atoms with van der Waals surface area (Å²) < 4.78 is 0. The van der Waals surface area contributed by atoms with Crippen molar-refractivity contribution in [2.24, 2.45) is 0 Å². The van der Waals surface area contributed by atoms with Crippen molar-refractivity contribution in [1.29, 1.82) is 0 Å². The molecule has 0 bridgehead atoms. The standard InChI is InChI=1S/C16H21N3S/c1-12-16(20-11-18-12)10-19(2)9-13-7-8-17-15-6-4-3-5-14(13)15/h3-6,11,13,17H,7-10H2,1-2H3. The monoisotopic (exact) mass is 287 g/mol. The van der Waals surface area contributed by atoms with Crippen LogP contribution in [0, 0.1) is 6.92 Å². The maximum atomic E-state index is 4.33. The van der Waals surface area contributed by atoms with Crippen LogP contribution in [0.1, 0.15) is 28.5 Å². The zero-order chi connectivity index (χ0) is 13.9. The zero-order valence-corrected chi connectivity index (χ0v) is 12.9. The van der Waals surface area contributed by atoms with E-state index in [0.717, 1.165) is 19.6 Å². The fraction of sp³-hybridized carbons (Fsp3) is 0.438. The largest absolute Gasteiger partial charge is 0.385 e. The molecule has 2 heterocycles. The van der Waals surface area contributed by atoms with E-state index in [1.807, 2.05) is 5.51 Å². The molecule has 1 aliphatic rings. The highest BCUT2D eigenvalue weighted by Crippen LogP contribution is 2.32. The van der Waals surface area contributed by atoms with Crippen molar-refractivity contribution >= 4 is 17.0 Å². The van der Waals surface area contributed by atoms with Crippen molar-refractivity contribution in [2.75, 3.05) is 25.5 Å². The van der Waals surface area contributed by atoms with E-state index in [-0.39, 0.29) is 0 Å². The smallest absolute Gasteiger partial charge is 0.0798 e. The van der Waals surface area contributed by atoms with Gasteiger partial charge in [-0.05, 0) is 32.0 Å². The summed E-state index contributed by atoms with van der Waals surface area (Å²) in [7, 11) is 2.21. The van der Waals surface area contributed by atoms with E-state index < -0.39 is 0 Å². The molecule has 2 aromatic rings. The first-order chi connectivity index (χ1) is 9.74. The van der Waals surface area contributed by atoms with Crippen molar-refractivity contribution < 1.29 is 0 Å². The molecule has 3 rings (SSSR count). The molecule has 4 heteroatoms. The fourth-order valence-corrected chi connectivity index (χ4v) is 3.76. The lowest BCUT2D eigenvalue weighted by Gasteiger charge is -2.30. The lowest BCUT2D eigenvalue weighted by Crippen LogP contribution is -2.28. The number of anilines is 1. The van der Waals surface area contributed by atoms with Gasteiger partial charge in [-0.3, -0.25) is 0 Å². The van der Waals surface area contributed by atoms with Gasteiger partial charge in [0.1, 0.15) is 0 Å². The molecule has 20 heavy (non-hydrogen) atoms. The first-order valence-electron chi connectivity index (χ1n) is 7.14. The van der Waals surface area contributed by atoms with Crippen LogP contribution in [0.2, 0.25) is 0 Å². The molecule has 1 atom stereocenters. The number of rotatable bonds is 4. The average Bonchev–Trinajstić information content (AvgIpc) is 2.85. The van der Waals surface area contributed by atoms with Crippen LogP contribution in [0.4, 0.5) is 5.69 Å². The molecule has 1 unspecified atom stereocenters. The molecule has 0 fully saturated rings. The van der Waals surface area contributed by atoms with Crippen LogP contribution in [0.5, 0.6) is 0 Å². The Kier molecular flexibility index (Phi) is 4.03. The molecule has 0 amide bonds. The van der Waals surface area contributed by atoms with Gasteiger partial charge in [-0.25, -0.2) is 4.98 Å². The number of nitrogens with zero attached hydrogens (tertiary/aromatic N) is 2. The van der Waals surface area contributed by atoms with Gasteiger partial charge in [0.25, 0.3) is 0 Å². The summed E-state index contributed by atoms with van der Waals surface area (Å²) in [6, 6.07) is 8.71. The number of aryl methyl sites for hydroxylation is 1. The Hall–Kier alpha value is -1.39. The molecule has 1 aliphatic heterocycles. The highest BCUT2D eigenvalue weighted by Gasteiger charge is 2.21. The molecule has 0 saturated heterocycles. The summed E-state index contributed by atoms with van der Waals surface area (Å²) in [6.07, 6.45) is 1.21. The molecule has 106 valence electrons. The summed E-state index contributed by atoms with van der Waals surface area (Å²) >= 11 is 1.76. The number of aromatic nitrogens is 1. The average molecular weight is 287 g/mol.